The number of aromatic nitrogens is 1. The van der Waals surface area contributed by atoms with Gasteiger partial charge in [0.2, 0.25) is 0 Å². The average Bonchev–Trinajstić information content (AvgIpc) is 2.87. The van der Waals surface area contributed by atoms with Crippen LogP contribution in [-0.2, 0) is 0 Å². The Morgan fingerprint density at radius 2 is 2.05 bits per heavy atom. The minimum Gasteiger partial charge on any atom is -0.477 e. The van der Waals surface area contributed by atoms with Crippen molar-refractivity contribution in [2.24, 2.45) is 11.8 Å². The molecule has 1 amide bonds. The summed E-state index contributed by atoms with van der Waals surface area (Å²) in [5, 5.41) is 8.88. The molecule has 1 fully saturated rings. The molecule has 2 heterocycles. The lowest BCUT2D eigenvalue weighted by Gasteiger charge is -2.17. The van der Waals surface area contributed by atoms with Gasteiger partial charge in [-0.25, -0.2) is 9.78 Å². The number of aromatic carboxylic acids is 1. The molecule has 5 nitrogen and oxygen atoms in total. The van der Waals surface area contributed by atoms with Crippen LogP contribution >= 0.6 is 0 Å². The molecule has 0 aromatic carbocycles. The van der Waals surface area contributed by atoms with Crippen molar-refractivity contribution in [1.82, 2.24) is 9.88 Å². The molecule has 19 heavy (non-hydrogen) atoms. The quantitative estimate of drug-likeness (QED) is 0.903. The summed E-state index contributed by atoms with van der Waals surface area (Å²) in [4.78, 5) is 28.8. The Kier molecular flexibility index (Phi) is 3.83. The van der Waals surface area contributed by atoms with Gasteiger partial charge in [0, 0.05) is 13.1 Å². The van der Waals surface area contributed by atoms with Gasteiger partial charge < -0.3 is 10.0 Å². The van der Waals surface area contributed by atoms with E-state index in [4.69, 9.17) is 5.11 Å². The number of carbonyl (C=O) groups is 2. The number of nitrogens with zero attached hydrogens (tertiary/aromatic N) is 2. The molecule has 1 aromatic rings. The highest BCUT2D eigenvalue weighted by atomic mass is 16.4. The van der Waals surface area contributed by atoms with Crippen LogP contribution in [0.25, 0.3) is 0 Å². The predicted octanol–water partition coefficient (Wildman–Crippen LogP) is 1.90. The number of likely N-dealkylation sites (tertiary alicyclic amines) is 1. The maximum atomic E-state index is 12.3. The topological polar surface area (TPSA) is 70.5 Å². The first-order valence-corrected chi connectivity index (χ1v) is 6.48. The summed E-state index contributed by atoms with van der Waals surface area (Å²) in [6.07, 6.45) is 1.00. The molecule has 5 heteroatoms. The van der Waals surface area contributed by atoms with Crippen LogP contribution in [0.3, 0.4) is 0 Å². The molecule has 1 saturated heterocycles. The lowest BCUT2D eigenvalue weighted by molar-refractivity contribution is 0.0690. The van der Waals surface area contributed by atoms with E-state index < -0.39 is 5.97 Å². The van der Waals surface area contributed by atoms with E-state index in [1.165, 1.54) is 6.07 Å². The van der Waals surface area contributed by atoms with Crippen LogP contribution in [0.2, 0.25) is 0 Å². The molecule has 1 N–H and O–H groups in total. The minimum absolute atomic E-state index is 0.0922. The van der Waals surface area contributed by atoms with Gasteiger partial charge in [-0.2, -0.15) is 0 Å². The maximum absolute atomic E-state index is 12.3. The average molecular weight is 262 g/mol. The van der Waals surface area contributed by atoms with Gasteiger partial charge in [-0.1, -0.05) is 19.9 Å². The molecule has 0 spiro atoms. The van der Waals surface area contributed by atoms with E-state index in [0.717, 1.165) is 19.5 Å². The number of carboxylic acid groups (broad SMARTS) is 1. The van der Waals surface area contributed by atoms with Crippen LogP contribution in [0.5, 0.6) is 0 Å². The van der Waals surface area contributed by atoms with Crippen molar-refractivity contribution in [3.63, 3.8) is 0 Å². The predicted molar refractivity (Wildman–Crippen MR) is 70.0 cm³/mol. The van der Waals surface area contributed by atoms with Crippen molar-refractivity contribution in [1.29, 1.82) is 0 Å². The Bertz CT molecular complexity index is 499. The third-order valence-corrected chi connectivity index (χ3v) is 3.64. The van der Waals surface area contributed by atoms with E-state index in [0.29, 0.717) is 11.8 Å². The number of hydrogen-bond acceptors (Lipinski definition) is 3. The third kappa shape index (κ3) is 2.92. The van der Waals surface area contributed by atoms with Crippen LogP contribution in [-0.4, -0.2) is 40.0 Å². The number of rotatable bonds is 3. The lowest BCUT2D eigenvalue weighted by Crippen LogP contribution is -2.30. The summed E-state index contributed by atoms with van der Waals surface area (Å²) in [5.41, 5.74) is 0.120. The van der Waals surface area contributed by atoms with Gasteiger partial charge in [0.15, 0.2) is 0 Å². The molecule has 1 aliphatic rings. The maximum Gasteiger partial charge on any atom is 0.354 e. The number of pyridine rings is 1. The van der Waals surface area contributed by atoms with Gasteiger partial charge in [0.25, 0.3) is 5.91 Å². The summed E-state index contributed by atoms with van der Waals surface area (Å²) in [5.74, 6) is -0.218. The van der Waals surface area contributed by atoms with Crippen molar-refractivity contribution in [2.75, 3.05) is 13.1 Å². The summed E-state index contributed by atoms with van der Waals surface area (Å²) in [6.45, 7) is 5.76. The highest BCUT2D eigenvalue weighted by molar-refractivity contribution is 5.94. The number of amides is 1. The SMILES string of the molecule is CC(C)C1CCN(C(=O)c2cccc(C(=O)O)n2)C1. The van der Waals surface area contributed by atoms with E-state index in [1.54, 1.807) is 17.0 Å². The summed E-state index contributed by atoms with van der Waals surface area (Å²) >= 11 is 0. The molecular weight excluding hydrogens is 244 g/mol. The van der Waals surface area contributed by atoms with Crippen LogP contribution < -0.4 is 0 Å². The number of carboxylic acids is 1. The van der Waals surface area contributed by atoms with E-state index >= 15 is 0 Å². The zero-order chi connectivity index (χ0) is 14.0. The number of carbonyl (C=O) groups excluding carboxylic acids is 1. The second-order valence-corrected chi connectivity index (χ2v) is 5.26. The standard InChI is InChI=1S/C14H18N2O3/c1-9(2)10-6-7-16(8-10)13(17)11-4-3-5-12(15-11)14(18)19/h3-5,9-10H,6-8H2,1-2H3,(H,18,19). The molecule has 2 rings (SSSR count). The van der Waals surface area contributed by atoms with Gasteiger partial charge in [-0.05, 0) is 30.4 Å². The van der Waals surface area contributed by atoms with Gasteiger partial charge >= 0.3 is 5.97 Å². The van der Waals surface area contributed by atoms with Crippen molar-refractivity contribution in [2.45, 2.75) is 20.3 Å². The van der Waals surface area contributed by atoms with Crippen molar-refractivity contribution < 1.29 is 14.7 Å². The van der Waals surface area contributed by atoms with Gasteiger partial charge in [-0.3, -0.25) is 4.79 Å². The second kappa shape index (κ2) is 5.38. The van der Waals surface area contributed by atoms with Crippen molar-refractivity contribution >= 4 is 11.9 Å². The fourth-order valence-corrected chi connectivity index (χ4v) is 2.35. The Balaban J connectivity index is 2.12. The van der Waals surface area contributed by atoms with Crippen LogP contribution in [0.4, 0.5) is 0 Å². The second-order valence-electron chi connectivity index (χ2n) is 5.26. The molecular formula is C14H18N2O3. The molecule has 0 bridgehead atoms. The van der Waals surface area contributed by atoms with E-state index in [-0.39, 0.29) is 17.3 Å². The molecule has 1 aliphatic heterocycles. The van der Waals surface area contributed by atoms with Gasteiger partial charge in [0.05, 0.1) is 0 Å². The fourth-order valence-electron chi connectivity index (χ4n) is 2.35. The smallest absolute Gasteiger partial charge is 0.354 e. The summed E-state index contributed by atoms with van der Waals surface area (Å²) in [6, 6.07) is 4.51. The molecule has 1 unspecified atom stereocenters. The van der Waals surface area contributed by atoms with Gasteiger partial charge in [-0.15, -0.1) is 0 Å². The fraction of sp³-hybridized carbons (Fsp3) is 0.500. The monoisotopic (exact) mass is 262 g/mol. The van der Waals surface area contributed by atoms with E-state index in [9.17, 15) is 9.59 Å². The molecule has 102 valence electrons. The molecule has 0 aliphatic carbocycles. The highest BCUT2D eigenvalue weighted by Gasteiger charge is 2.29. The minimum atomic E-state index is -1.11. The first kappa shape index (κ1) is 13.5. The Morgan fingerprint density at radius 3 is 2.63 bits per heavy atom. The zero-order valence-corrected chi connectivity index (χ0v) is 11.2. The zero-order valence-electron chi connectivity index (χ0n) is 11.2. The normalized spacial score (nSPS) is 18.9. The van der Waals surface area contributed by atoms with Crippen LogP contribution in [0.1, 0.15) is 41.2 Å². The Hall–Kier alpha value is -1.91. The summed E-state index contributed by atoms with van der Waals surface area (Å²) in [7, 11) is 0. The summed E-state index contributed by atoms with van der Waals surface area (Å²) < 4.78 is 0. The van der Waals surface area contributed by atoms with Crippen LogP contribution in [0, 0.1) is 11.8 Å². The van der Waals surface area contributed by atoms with Gasteiger partial charge in [0.1, 0.15) is 11.4 Å². The molecule has 1 atom stereocenters. The van der Waals surface area contributed by atoms with Crippen molar-refractivity contribution in [3.8, 4) is 0 Å². The Labute approximate surface area is 112 Å². The Morgan fingerprint density at radius 1 is 1.37 bits per heavy atom. The van der Waals surface area contributed by atoms with Crippen molar-refractivity contribution in [3.05, 3.63) is 29.6 Å². The number of hydrogen-bond donors (Lipinski definition) is 1. The first-order valence-electron chi connectivity index (χ1n) is 6.48. The highest BCUT2D eigenvalue weighted by Crippen LogP contribution is 2.24. The first-order chi connectivity index (χ1) is 8.99. The molecule has 1 aromatic heterocycles. The largest absolute Gasteiger partial charge is 0.477 e. The molecule has 0 radical (unpaired) electrons. The van der Waals surface area contributed by atoms with E-state index in [2.05, 4.69) is 18.8 Å². The van der Waals surface area contributed by atoms with Crippen LogP contribution in [0.15, 0.2) is 18.2 Å². The van der Waals surface area contributed by atoms with E-state index in [1.807, 2.05) is 0 Å². The molecule has 0 saturated carbocycles. The third-order valence-electron chi connectivity index (χ3n) is 3.64. The lowest BCUT2D eigenvalue weighted by atomic mass is 9.95.